The van der Waals surface area contributed by atoms with Crippen LogP contribution in [0.1, 0.15) is 122 Å². The van der Waals surface area contributed by atoms with Gasteiger partial charge in [0.05, 0.1) is 6.61 Å². The molecule has 1 nitrogen and oxygen atoms in total. The first-order chi connectivity index (χ1) is 15.3. The normalized spacial score (nSPS) is 19.2. The predicted octanol–water partition coefficient (Wildman–Crippen LogP) is 9.70. The summed E-state index contributed by atoms with van der Waals surface area (Å²) >= 11 is 0. The van der Waals surface area contributed by atoms with Crippen LogP contribution in [0.2, 0.25) is 0 Å². The minimum Gasteiger partial charge on any atom is -0.494 e. The molecule has 0 N–H and O–H groups in total. The second-order valence-electron chi connectivity index (χ2n) is 9.72. The van der Waals surface area contributed by atoms with E-state index in [9.17, 15) is 0 Å². The lowest BCUT2D eigenvalue weighted by molar-refractivity contribution is 0.289. The minimum atomic E-state index is 0.785. The zero-order valence-electron chi connectivity index (χ0n) is 20.6. The first-order valence-electron chi connectivity index (χ1n) is 13.6. The van der Waals surface area contributed by atoms with Crippen LogP contribution in [0.15, 0.2) is 36.4 Å². The third-order valence-corrected chi connectivity index (χ3v) is 6.93. The Morgan fingerprint density at radius 2 is 1.35 bits per heavy atom. The average Bonchev–Trinajstić information content (AvgIpc) is 2.80. The lowest BCUT2D eigenvalue weighted by Gasteiger charge is -2.26. The van der Waals surface area contributed by atoms with Crippen LogP contribution in [0.25, 0.3) is 0 Å². The lowest BCUT2D eigenvalue weighted by atomic mass is 9.79. The number of hydrogen-bond donors (Lipinski definition) is 0. The largest absolute Gasteiger partial charge is 0.494 e. The summed E-state index contributed by atoms with van der Waals surface area (Å²) in [6, 6.07) is 8.59. The summed E-state index contributed by atoms with van der Waals surface area (Å²) in [6.45, 7) is 5.43. The maximum Gasteiger partial charge on any atom is 0.119 e. The van der Waals surface area contributed by atoms with Crippen molar-refractivity contribution in [3.8, 4) is 5.75 Å². The Balaban J connectivity index is 1.52. The minimum absolute atomic E-state index is 0.785. The highest BCUT2D eigenvalue weighted by Gasteiger charge is 2.18. The van der Waals surface area contributed by atoms with Crippen LogP contribution in [-0.4, -0.2) is 6.61 Å². The molecule has 1 heteroatoms. The molecule has 0 bridgehead atoms. The molecule has 1 aromatic rings. The summed E-state index contributed by atoms with van der Waals surface area (Å²) in [5.74, 6) is 2.79. The molecule has 31 heavy (non-hydrogen) atoms. The standard InChI is InChI=1S/C30H49O/c1-3-5-7-8-9-10-11-13-26-31-30-24-22-29(23-25-30)17-14-16-28-20-18-27(19-21-28)15-12-6-4-2/h14,16-17,22-25,27-28H,3-13,15,18-21,26H2,1-2H3/b16-14+/t27-,28-. The van der Waals surface area contributed by atoms with Gasteiger partial charge in [-0.2, -0.15) is 0 Å². The SMILES string of the molecule is CCCCCCCCCCOc1ccc([CH]/C=C/[C@H]2CC[C@H](CCCCC)CC2)cc1. The molecule has 0 saturated heterocycles. The van der Waals surface area contributed by atoms with Crippen LogP contribution in [0.5, 0.6) is 5.75 Å². The van der Waals surface area contributed by atoms with E-state index in [1.807, 2.05) is 0 Å². The fraction of sp³-hybridized carbons (Fsp3) is 0.700. The highest BCUT2D eigenvalue weighted by molar-refractivity contribution is 5.34. The molecular formula is C30H49O. The van der Waals surface area contributed by atoms with Gasteiger partial charge < -0.3 is 4.74 Å². The van der Waals surface area contributed by atoms with Gasteiger partial charge >= 0.3 is 0 Å². The van der Waals surface area contributed by atoms with Crippen molar-refractivity contribution >= 4 is 0 Å². The molecule has 0 spiro atoms. The fourth-order valence-corrected chi connectivity index (χ4v) is 4.78. The number of hydrogen-bond acceptors (Lipinski definition) is 1. The van der Waals surface area contributed by atoms with E-state index in [4.69, 9.17) is 4.74 Å². The summed E-state index contributed by atoms with van der Waals surface area (Å²) < 4.78 is 5.92. The zero-order chi connectivity index (χ0) is 22.0. The van der Waals surface area contributed by atoms with E-state index >= 15 is 0 Å². The first kappa shape index (κ1) is 26.0. The van der Waals surface area contributed by atoms with E-state index < -0.39 is 0 Å². The van der Waals surface area contributed by atoms with Crippen molar-refractivity contribution in [2.45, 2.75) is 117 Å². The fourth-order valence-electron chi connectivity index (χ4n) is 4.78. The van der Waals surface area contributed by atoms with Crippen molar-refractivity contribution in [1.29, 1.82) is 0 Å². The second kappa shape index (κ2) is 17.3. The van der Waals surface area contributed by atoms with E-state index in [1.54, 1.807) is 0 Å². The van der Waals surface area contributed by atoms with Gasteiger partial charge in [-0.1, -0.05) is 109 Å². The van der Waals surface area contributed by atoms with Gasteiger partial charge in [-0.15, -0.1) is 0 Å². The van der Waals surface area contributed by atoms with Gasteiger partial charge in [0.15, 0.2) is 0 Å². The molecule has 0 amide bonds. The summed E-state index contributed by atoms with van der Waals surface area (Å²) in [4.78, 5) is 0. The Hall–Kier alpha value is -1.24. The topological polar surface area (TPSA) is 9.23 Å². The Morgan fingerprint density at radius 1 is 0.742 bits per heavy atom. The maximum atomic E-state index is 5.92. The van der Waals surface area contributed by atoms with E-state index in [-0.39, 0.29) is 0 Å². The molecular weight excluding hydrogens is 376 g/mol. The second-order valence-corrected chi connectivity index (χ2v) is 9.72. The third kappa shape index (κ3) is 12.4. The quantitative estimate of drug-likeness (QED) is 0.226. The van der Waals surface area contributed by atoms with Crippen LogP contribution in [0.3, 0.4) is 0 Å². The van der Waals surface area contributed by atoms with Gasteiger partial charge in [0.1, 0.15) is 5.75 Å². The number of benzene rings is 1. The van der Waals surface area contributed by atoms with Crippen molar-refractivity contribution in [2.75, 3.05) is 6.61 Å². The van der Waals surface area contributed by atoms with Crippen molar-refractivity contribution in [3.05, 3.63) is 48.4 Å². The monoisotopic (exact) mass is 425 g/mol. The van der Waals surface area contributed by atoms with Crippen LogP contribution >= 0.6 is 0 Å². The van der Waals surface area contributed by atoms with Gasteiger partial charge in [0.25, 0.3) is 0 Å². The Kier molecular flexibility index (Phi) is 14.5. The van der Waals surface area contributed by atoms with Gasteiger partial charge in [-0.05, 0) is 61.6 Å². The Bertz CT molecular complexity index is 550. The average molecular weight is 426 g/mol. The highest BCUT2D eigenvalue weighted by Crippen LogP contribution is 2.32. The Morgan fingerprint density at radius 3 is 2.03 bits per heavy atom. The number of unbranched alkanes of at least 4 members (excludes halogenated alkanes) is 9. The van der Waals surface area contributed by atoms with E-state index in [1.165, 1.54) is 108 Å². The van der Waals surface area contributed by atoms with Crippen LogP contribution in [0, 0.1) is 18.3 Å². The zero-order valence-corrected chi connectivity index (χ0v) is 20.6. The molecule has 1 radical (unpaired) electrons. The van der Waals surface area contributed by atoms with Crippen molar-refractivity contribution < 1.29 is 4.74 Å². The van der Waals surface area contributed by atoms with E-state index in [0.717, 1.165) is 24.2 Å². The van der Waals surface area contributed by atoms with E-state index in [0.29, 0.717) is 0 Å². The van der Waals surface area contributed by atoms with Crippen molar-refractivity contribution in [2.24, 2.45) is 11.8 Å². The number of allylic oxidation sites excluding steroid dienone is 2. The Labute approximate surface area is 194 Å². The smallest absolute Gasteiger partial charge is 0.119 e. The molecule has 0 aromatic heterocycles. The van der Waals surface area contributed by atoms with Gasteiger partial charge in [-0.3, -0.25) is 0 Å². The van der Waals surface area contributed by atoms with Gasteiger partial charge in [0.2, 0.25) is 0 Å². The molecule has 1 aliphatic rings. The van der Waals surface area contributed by atoms with Crippen molar-refractivity contribution in [1.82, 2.24) is 0 Å². The summed E-state index contributed by atoms with van der Waals surface area (Å²) in [5, 5.41) is 0. The summed E-state index contributed by atoms with van der Waals surface area (Å²) in [7, 11) is 0. The molecule has 0 heterocycles. The van der Waals surface area contributed by atoms with Crippen LogP contribution < -0.4 is 4.74 Å². The molecule has 1 saturated carbocycles. The van der Waals surface area contributed by atoms with Crippen LogP contribution in [0.4, 0.5) is 0 Å². The summed E-state index contributed by atoms with van der Waals surface area (Å²) in [5.41, 5.74) is 1.27. The number of ether oxygens (including phenoxy) is 1. The predicted molar refractivity (Wildman–Crippen MR) is 137 cm³/mol. The highest BCUT2D eigenvalue weighted by atomic mass is 16.5. The molecule has 1 aliphatic carbocycles. The van der Waals surface area contributed by atoms with Crippen molar-refractivity contribution in [3.63, 3.8) is 0 Å². The number of rotatable bonds is 17. The van der Waals surface area contributed by atoms with E-state index in [2.05, 4.69) is 56.7 Å². The molecule has 175 valence electrons. The molecule has 0 atom stereocenters. The lowest BCUT2D eigenvalue weighted by Crippen LogP contribution is -2.13. The van der Waals surface area contributed by atoms with Gasteiger partial charge in [-0.25, -0.2) is 0 Å². The van der Waals surface area contributed by atoms with Gasteiger partial charge in [0, 0.05) is 6.42 Å². The maximum absolute atomic E-state index is 5.92. The third-order valence-electron chi connectivity index (χ3n) is 6.93. The molecule has 2 rings (SSSR count). The summed E-state index contributed by atoms with van der Waals surface area (Å²) in [6.07, 6.45) is 29.0. The van der Waals surface area contributed by atoms with Crippen LogP contribution in [-0.2, 0) is 0 Å². The molecule has 0 aliphatic heterocycles. The molecule has 1 aromatic carbocycles. The molecule has 1 fully saturated rings. The molecule has 0 unspecified atom stereocenters. The first-order valence-corrected chi connectivity index (χ1v) is 13.6.